The van der Waals surface area contributed by atoms with Gasteiger partial charge in [-0.25, -0.2) is 0 Å². The van der Waals surface area contributed by atoms with Gasteiger partial charge in [0.1, 0.15) is 0 Å². The van der Waals surface area contributed by atoms with Gasteiger partial charge in [0.15, 0.2) is 0 Å². The minimum absolute atomic E-state index is 0.988. The summed E-state index contributed by atoms with van der Waals surface area (Å²) in [5.41, 5.74) is 0. The van der Waals surface area contributed by atoms with Gasteiger partial charge < -0.3 is 0 Å². The highest BCUT2D eigenvalue weighted by molar-refractivity contribution is 4.80. The van der Waals surface area contributed by atoms with Crippen LogP contribution in [0.5, 0.6) is 0 Å². The van der Waals surface area contributed by atoms with Crippen LogP contribution in [0.15, 0.2) is 0 Å². The van der Waals surface area contributed by atoms with E-state index in [1.54, 1.807) is 0 Å². The maximum Gasteiger partial charge on any atom is -0.0355 e. The number of rotatable bonds is 15. The summed E-state index contributed by atoms with van der Waals surface area (Å²) in [5.74, 6) is 0.988. The van der Waals surface area contributed by atoms with E-state index < -0.39 is 0 Å². The van der Waals surface area contributed by atoms with Gasteiger partial charge in [-0.05, 0) is 18.8 Å². The summed E-state index contributed by atoms with van der Waals surface area (Å²) in [6.07, 6.45) is 29.0. The highest BCUT2D eigenvalue weighted by atomic mass is 14.2. The first-order valence-electron chi connectivity index (χ1n) is 10.3. The average molecular weight is 294 g/mol. The standard InChI is InChI=1S/C21H41/c1-2-3-4-5-6-7-8-9-10-11-12-13-14-15-18-21-19-16-17-20-21/h18,21H,2-17,19-20H2,1H3. The molecule has 0 unspecified atom stereocenters. The van der Waals surface area contributed by atoms with E-state index in [0.717, 1.165) is 5.92 Å². The van der Waals surface area contributed by atoms with E-state index in [-0.39, 0.29) is 0 Å². The van der Waals surface area contributed by atoms with E-state index >= 15 is 0 Å². The summed E-state index contributed by atoms with van der Waals surface area (Å²) in [6.45, 7) is 2.30. The van der Waals surface area contributed by atoms with Crippen LogP contribution in [0.2, 0.25) is 0 Å². The Balaban J connectivity index is 1.65. The van der Waals surface area contributed by atoms with Crippen molar-refractivity contribution in [3.8, 4) is 0 Å². The minimum Gasteiger partial charge on any atom is -0.0654 e. The second-order valence-electron chi connectivity index (χ2n) is 7.31. The zero-order valence-corrected chi connectivity index (χ0v) is 14.9. The first-order chi connectivity index (χ1) is 10.4. The Bertz CT molecular complexity index is 190. The molecule has 0 aliphatic heterocycles. The molecule has 0 N–H and O–H groups in total. The topological polar surface area (TPSA) is 0 Å². The average Bonchev–Trinajstić information content (AvgIpc) is 3.01. The number of unbranched alkanes of at least 4 members (excludes halogenated alkanes) is 13. The fraction of sp³-hybridized carbons (Fsp3) is 0.952. The van der Waals surface area contributed by atoms with Gasteiger partial charge in [-0.15, -0.1) is 0 Å². The molecule has 1 rings (SSSR count). The highest BCUT2D eigenvalue weighted by Crippen LogP contribution is 2.28. The predicted octanol–water partition coefficient (Wildman–Crippen LogP) is 7.86. The number of hydrogen-bond acceptors (Lipinski definition) is 0. The maximum absolute atomic E-state index is 2.63. The van der Waals surface area contributed by atoms with Crippen molar-refractivity contribution in [3.05, 3.63) is 6.42 Å². The monoisotopic (exact) mass is 293 g/mol. The first-order valence-corrected chi connectivity index (χ1v) is 10.3. The predicted molar refractivity (Wildman–Crippen MR) is 96.6 cm³/mol. The van der Waals surface area contributed by atoms with Gasteiger partial charge in [0.25, 0.3) is 0 Å². The molecule has 0 amide bonds. The smallest absolute Gasteiger partial charge is 0.0355 e. The van der Waals surface area contributed by atoms with E-state index in [0.29, 0.717) is 0 Å². The van der Waals surface area contributed by atoms with Crippen molar-refractivity contribution in [1.29, 1.82) is 0 Å². The van der Waals surface area contributed by atoms with Crippen LogP contribution in [0.3, 0.4) is 0 Å². The van der Waals surface area contributed by atoms with Crippen molar-refractivity contribution in [1.82, 2.24) is 0 Å². The molecule has 1 saturated carbocycles. The van der Waals surface area contributed by atoms with Crippen molar-refractivity contribution in [2.45, 2.75) is 122 Å². The summed E-state index contributed by atoms with van der Waals surface area (Å²) in [6, 6.07) is 0. The summed E-state index contributed by atoms with van der Waals surface area (Å²) in [5, 5.41) is 0. The van der Waals surface area contributed by atoms with Crippen molar-refractivity contribution in [2.24, 2.45) is 5.92 Å². The molecule has 0 saturated heterocycles. The van der Waals surface area contributed by atoms with E-state index in [1.807, 2.05) is 0 Å². The van der Waals surface area contributed by atoms with Gasteiger partial charge >= 0.3 is 0 Å². The molecule has 1 fully saturated rings. The van der Waals surface area contributed by atoms with Crippen molar-refractivity contribution in [2.75, 3.05) is 0 Å². The Morgan fingerprint density at radius 1 is 0.619 bits per heavy atom. The Hall–Kier alpha value is 0. The molecule has 0 bridgehead atoms. The van der Waals surface area contributed by atoms with Crippen LogP contribution in [0, 0.1) is 12.3 Å². The van der Waals surface area contributed by atoms with Crippen LogP contribution >= 0.6 is 0 Å². The van der Waals surface area contributed by atoms with Crippen molar-refractivity contribution in [3.63, 3.8) is 0 Å². The van der Waals surface area contributed by atoms with Gasteiger partial charge in [-0.3, -0.25) is 0 Å². The lowest BCUT2D eigenvalue weighted by Gasteiger charge is -2.07. The molecular weight excluding hydrogens is 252 g/mol. The fourth-order valence-corrected chi connectivity index (χ4v) is 3.71. The maximum atomic E-state index is 2.63. The van der Waals surface area contributed by atoms with Crippen LogP contribution in [0.25, 0.3) is 0 Å². The Labute approximate surface area is 135 Å². The third-order valence-corrected chi connectivity index (χ3v) is 5.21. The van der Waals surface area contributed by atoms with Crippen LogP contribution in [0.4, 0.5) is 0 Å². The highest BCUT2D eigenvalue weighted by Gasteiger charge is 2.13. The normalized spacial score (nSPS) is 15.9. The van der Waals surface area contributed by atoms with Crippen LogP contribution in [-0.4, -0.2) is 0 Å². The summed E-state index contributed by atoms with van der Waals surface area (Å²) < 4.78 is 0. The zero-order chi connectivity index (χ0) is 15.0. The molecule has 0 aromatic heterocycles. The van der Waals surface area contributed by atoms with Crippen LogP contribution < -0.4 is 0 Å². The summed E-state index contributed by atoms with van der Waals surface area (Å²) in [4.78, 5) is 0. The molecule has 1 radical (unpaired) electrons. The molecule has 0 aromatic rings. The summed E-state index contributed by atoms with van der Waals surface area (Å²) >= 11 is 0. The van der Waals surface area contributed by atoms with E-state index in [4.69, 9.17) is 0 Å². The lowest BCUT2D eigenvalue weighted by Crippen LogP contribution is -1.93. The molecular formula is C21H41. The lowest BCUT2D eigenvalue weighted by molar-refractivity contribution is 0.530. The Morgan fingerprint density at radius 3 is 1.52 bits per heavy atom. The van der Waals surface area contributed by atoms with Gasteiger partial charge in [0.05, 0.1) is 0 Å². The molecule has 1 aliphatic carbocycles. The van der Waals surface area contributed by atoms with Crippen molar-refractivity contribution >= 4 is 0 Å². The van der Waals surface area contributed by atoms with E-state index in [2.05, 4.69) is 13.3 Å². The van der Waals surface area contributed by atoms with Gasteiger partial charge in [-0.1, -0.05) is 116 Å². The van der Waals surface area contributed by atoms with E-state index in [9.17, 15) is 0 Å². The molecule has 1 aliphatic rings. The molecule has 0 heteroatoms. The Morgan fingerprint density at radius 2 is 1.05 bits per heavy atom. The molecule has 0 nitrogen and oxygen atoms in total. The quantitative estimate of drug-likeness (QED) is 0.269. The van der Waals surface area contributed by atoms with Crippen LogP contribution in [0.1, 0.15) is 122 Å². The molecule has 0 heterocycles. The Kier molecular flexibility index (Phi) is 13.5. The summed E-state index contributed by atoms with van der Waals surface area (Å²) in [7, 11) is 0. The lowest BCUT2D eigenvalue weighted by atomic mass is 9.99. The van der Waals surface area contributed by atoms with Crippen LogP contribution in [-0.2, 0) is 0 Å². The van der Waals surface area contributed by atoms with E-state index in [1.165, 1.54) is 116 Å². The molecule has 21 heavy (non-hydrogen) atoms. The largest absolute Gasteiger partial charge is 0.0654 e. The molecule has 125 valence electrons. The third-order valence-electron chi connectivity index (χ3n) is 5.21. The first kappa shape index (κ1) is 19.0. The zero-order valence-electron chi connectivity index (χ0n) is 14.9. The third kappa shape index (κ3) is 12.2. The number of hydrogen-bond donors (Lipinski definition) is 0. The minimum atomic E-state index is 0.988. The second kappa shape index (κ2) is 14.9. The molecule has 0 atom stereocenters. The molecule has 0 spiro atoms. The van der Waals surface area contributed by atoms with Gasteiger partial charge in [0.2, 0.25) is 0 Å². The molecule has 0 aromatic carbocycles. The van der Waals surface area contributed by atoms with Gasteiger partial charge in [-0.2, -0.15) is 0 Å². The van der Waals surface area contributed by atoms with Gasteiger partial charge in [0, 0.05) is 0 Å². The van der Waals surface area contributed by atoms with Crippen molar-refractivity contribution < 1.29 is 0 Å². The second-order valence-corrected chi connectivity index (χ2v) is 7.31. The fourth-order valence-electron chi connectivity index (χ4n) is 3.71. The SMILES string of the molecule is CCCCCCCCCCCCCCC[CH]C1CCCC1.